The summed E-state index contributed by atoms with van der Waals surface area (Å²) >= 11 is 0. The topological polar surface area (TPSA) is 126 Å². The molecular weight excluding hydrogens is 519 g/mol. The molecule has 1 atom stereocenters. The van der Waals surface area contributed by atoms with Gasteiger partial charge in [0.15, 0.2) is 0 Å². The number of hydrogen-bond acceptors (Lipinski definition) is 6. The number of carboxylic acids is 1. The molecule has 0 saturated carbocycles. The number of imidazole rings is 1. The summed E-state index contributed by atoms with van der Waals surface area (Å²) in [6.45, 7) is 0.500. The van der Waals surface area contributed by atoms with Gasteiger partial charge in [-0.05, 0) is 48.9 Å². The summed E-state index contributed by atoms with van der Waals surface area (Å²) in [4.78, 5) is 40.9. The Morgan fingerprint density at radius 3 is 2.36 bits per heavy atom. The van der Waals surface area contributed by atoms with Gasteiger partial charge >= 0.3 is 12.1 Å². The predicted octanol–water partition coefficient (Wildman–Crippen LogP) is 3.59. The average molecular weight is 548 g/mol. The van der Waals surface area contributed by atoms with Crippen LogP contribution in [0.4, 0.5) is 24.5 Å². The molecule has 3 N–H and O–H groups in total. The SMILES string of the molecule is COc1ccc(NC(=O)c2cnc3n2CC(NC(=O)c2cccc(N(C)C)c2)CC3)cc1.O=C(O)C(F)(F)F. The fourth-order valence-corrected chi connectivity index (χ4v) is 3.79. The van der Waals surface area contributed by atoms with E-state index in [2.05, 4.69) is 15.6 Å². The lowest BCUT2D eigenvalue weighted by Gasteiger charge is -2.26. The highest BCUT2D eigenvalue weighted by atomic mass is 19.4. The number of amides is 2. The van der Waals surface area contributed by atoms with Gasteiger partial charge in [-0.25, -0.2) is 9.78 Å². The molecule has 2 aromatic carbocycles. The van der Waals surface area contributed by atoms with Gasteiger partial charge in [-0.3, -0.25) is 9.59 Å². The van der Waals surface area contributed by atoms with Gasteiger partial charge in [-0.1, -0.05) is 6.07 Å². The van der Waals surface area contributed by atoms with E-state index in [1.165, 1.54) is 0 Å². The number of hydrogen-bond donors (Lipinski definition) is 3. The molecule has 1 unspecified atom stereocenters. The Hall–Kier alpha value is -4.55. The van der Waals surface area contributed by atoms with Crippen molar-refractivity contribution >= 4 is 29.2 Å². The third kappa shape index (κ3) is 7.72. The molecule has 2 amide bonds. The number of carbonyl (C=O) groups excluding carboxylic acids is 2. The van der Waals surface area contributed by atoms with Gasteiger partial charge in [0.2, 0.25) is 0 Å². The van der Waals surface area contributed by atoms with Crippen LogP contribution in [0.15, 0.2) is 54.7 Å². The summed E-state index contributed by atoms with van der Waals surface area (Å²) in [6, 6.07) is 14.6. The summed E-state index contributed by atoms with van der Waals surface area (Å²) < 4.78 is 38.8. The molecule has 0 spiro atoms. The number of carbonyl (C=O) groups is 3. The van der Waals surface area contributed by atoms with Crippen LogP contribution in [0.2, 0.25) is 0 Å². The quantitative estimate of drug-likeness (QED) is 0.431. The summed E-state index contributed by atoms with van der Waals surface area (Å²) in [5.41, 5.74) is 2.73. The van der Waals surface area contributed by atoms with Crippen molar-refractivity contribution in [1.29, 1.82) is 0 Å². The Balaban J connectivity index is 0.000000532. The lowest BCUT2D eigenvalue weighted by Crippen LogP contribution is -2.41. The van der Waals surface area contributed by atoms with E-state index >= 15 is 0 Å². The molecule has 2 heterocycles. The molecule has 0 fully saturated rings. The number of carboxylic acid groups (broad SMARTS) is 1. The Labute approximate surface area is 222 Å². The molecule has 0 aliphatic carbocycles. The van der Waals surface area contributed by atoms with Crippen molar-refractivity contribution in [3.05, 3.63) is 71.8 Å². The fourth-order valence-electron chi connectivity index (χ4n) is 3.79. The van der Waals surface area contributed by atoms with Gasteiger partial charge < -0.3 is 29.9 Å². The second kappa shape index (κ2) is 12.3. The highest BCUT2D eigenvalue weighted by Gasteiger charge is 2.38. The van der Waals surface area contributed by atoms with Gasteiger partial charge in [-0.2, -0.15) is 13.2 Å². The summed E-state index contributed by atoms with van der Waals surface area (Å²) in [5, 5.41) is 13.1. The van der Waals surface area contributed by atoms with Crippen LogP contribution in [0.3, 0.4) is 0 Å². The lowest BCUT2D eigenvalue weighted by atomic mass is 10.1. The van der Waals surface area contributed by atoms with Crippen molar-refractivity contribution in [3.63, 3.8) is 0 Å². The monoisotopic (exact) mass is 547 g/mol. The van der Waals surface area contributed by atoms with E-state index in [1.54, 1.807) is 37.6 Å². The molecule has 1 aliphatic heterocycles. The number of rotatable bonds is 6. The number of nitrogens with one attached hydrogen (secondary N) is 2. The van der Waals surface area contributed by atoms with Crippen molar-refractivity contribution < 1.29 is 37.4 Å². The standard InChI is InChI=1S/C24H27N5O3.C2HF3O2/c1-28(2)19-6-4-5-16(13-19)23(30)27-18-9-12-22-25-14-21(29(22)15-18)24(31)26-17-7-10-20(32-3)11-8-17;3-2(4,5)1(6)7/h4-8,10-11,13-14,18H,9,12,15H2,1-3H3,(H,26,31)(H,27,30);(H,6,7). The van der Waals surface area contributed by atoms with Crippen molar-refractivity contribution in [1.82, 2.24) is 14.9 Å². The van der Waals surface area contributed by atoms with Crippen LogP contribution < -0.4 is 20.3 Å². The average Bonchev–Trinajstić information content (AvgIpc) is 3.32. The number of aryl methyl sites for hydroxylation is 1. The Morgan fingerprint density at radius 1 is 1.10 bits per heavy atom. The third-order valence-electron chi connectivity index (χ3n) is 5.84. The molecule has 208 valence electrons. The molecule has 1 aromatic heterocycles. The van der Waals surface area contributed by atoms with Crippen LogP contribution >= 0.6 is 0 Å². The molecule has 3 aromatic rings. The molecule has 10 nitrogen and oxygen atoms in total. The number of alkyl halides is 3. The zero-order valence-corrected chi connectivity index (χ0v) is 21.5. The molecule has 4 rings (SSSR count). The Kier molecular flexibility index (Phi) is 9.17. The van der Waals surface area contributed by atoms with E-state index < -0.39 is 12.1 Å². The van der Waals surface area contributed by atoms with Crippen LogP contribution in [0.5, 0.6) is 5.75 Å². The number of methoxy groups -OCH3 is 1. The lowest BCUT2D eigenvalue weighted by molar-refractivity contribution is -0.192. The van der Waals surface area contributed by atoms with E-state index in [4.69, 9.17) is 14.6 Å². The first-order valence-corrected chi connectivity index (χ1v) is 11.8. The first kappa shape index (κ1) is 29.0. The van der Waals surface area contributed by atoms with E-state index in [-0.39, 0.29) is 17.9 Å². The first-order valence-electron chi connectivity index (χ1n) is 11.8. The van der Waals surface area contributed by atoms with Crippen molar-refractivity contribution in [2.75, 3.05) is 31.4 Å². The summed E-state index contributed by atoms with van der Waals surface area (Å²) in [5.74, 6) is -1.54. The predicted molar refractivity (Wildman–Crippen MR) is 137 cm³/mol. The molecule has 0 radical (unpaired) electrons. The zero-order chi connectivity index (χ0) is 28.7. The molecular formula is C26H28F3N5O5. The minimum atomic E-state index is -5.08. The van der Waals surface area contributed by atoms with Gasteiger partial charge in [0.1, 0.15) is 17.3 Å². The number of fused-ring (bicyclic) bond motifs is 1. The van der Waals surface area contributed by atoms with Crippen molar-refractivity contribution in [2.24, 2.45) is 0 Å². The maximum atomic E-state index is 12.9. The molecule has 1 aliphatic rings. The molecule has 0 bridgehead atoms. The van der Waals surface area contributed by atoms with E-state index in [0.717, 1.165) is 23.7 Å². The van der Waals surface area contributed by atoms with E-state index in [9.17, 15) is 22.8 Å². The number of benzene rings is 2. The van der Waals surface area contributed by atoms with Gasteiger partial charge in [0, 0.05) is 50.0 Å². The van der Waals surface area contributed by atoms with E-state index in [1.807, 2.05) is 47.8 Å². The minimum Gasteiger partial charge on any atom is -0.497 e. The maximum absolute atomic E-state index is 12.9. The van der Waals surface area contributed by atoms with Crippen LogP contribution in [0.1, 0.15) is 33.1 Å². The fraction of sp³-hybridized carbons (Fsp3) is 0.308. The highest BCUT2D eigenvalue weighted by molar-refractivity contribution is 6.03. The second-order valence-electron chi connectivity index (χ2n) is 8.81. The molecule has 13 heteroatoms. The largest absolute Gasteiger partial charge is 0.497 e. The zero-order valence-electron chi connectivity index (χ0n) is 21.5. The van der Waals surface area contributed by atoms with Crippen molar-refractivity contribution in [3.8, 4) is 5.75 Å². The summed E-state index contributed by atoms with van der Waals surface area (Å²) in [7, 11) is 5.48. The van der Waals surface area contributed by atoms with Crippen LogP contribution in [0, 0.1) is 0 Å². The smallest absolute Gasteiger partial charge is 0.490 e. The first-order chi connectivity index (χ1) is 18.4. The number of anilines is 2. The minimum absolute atomic E-state index is 0.0836. The number of aliphatic carboxylic acids is 1. The van der Waals surface area contributed by atoms with E-state index in [0.29, 0.717) is 29.9 Å². The third-order valence-corrected chi connectivity index (χ3v) is 5.84. The van der Waals surface area contributed by atoms with Gasteiger partial charge in [0.05, 0.1) is 13.3 Å². The summed E-state index contributed by atoms with van der Waals surface area (Å²) in [6.07, 6.45) is -2.02. The Bertz CT molecular complexity index is 1320. The van der Waals surface area contributed by atoms with Gasteiger partial charge in [0.25, 0.3) is 11.8 Å². The second-order valence-corrected chi connectivity index (χ2v) is 8.81. The number of halogens is 3. The molecule has 39 heavy (non-hydrogen) atoms. The van der Waals surface area contributed by atoms with Crippen LogP contribution in [-0.4, -0.2) is 65.9 Å². The molecule has 0 saturated heterocycles. The highest BCUT2D eigenvalue weighted by Crippen LogP contribution is 2.21. The van der Waals surface area contributed by atoms with Crippen LogP contribution in [0.25, 0.3) is 0 Å². The van der Waals surface area contributed by atoms with Crippen LogP contribution in [-0.2, 0) is 17.8 Å². The van der Waals surface area contributed by atoms with Gasteiger partial charge in [-0.15, -0.1) is 0 Å². The normalized spacial score (nSPS) is 14.3. The number of nitrogens with zero attached hydrogens (tertiary/aromatic N) is 3. The number of ether oxygens (including phenoxy) is 1. The van der Waals surface area contributed by atoms with Crippen molar-refractivity contribution in [2.45, 2.75) is 31.6 Å². The number of aromatic nitrogens is 2. The Morgan fingerprint density at radius 2 is 1.77 bits per heavy atom. The maximum Gasteiger partial charge on any atom is 0.490 e.